The van der Waals surface area contributed by atoms with E-state index in [9.17, 15) is 0 Å². The zero-order chi connectivity index (χ0) is 12.0. The van der Waals surface area contributed by atoms with E-state index in [1.165, 1.54) is 31.0 Å². The molecule has 16 heavy (non-hydrogen) atoms. The van der Waals surface area contributed by atoms with Gasteiger partial charge in [0.25, 0.3) is 0 Å². The molecule has 1 fully saturated rings. The van der Waals surface area contributed by atoms with Crippen LogP contribution in [0.1, 0.15) is 33.6 Å². The molecule has 1 aliphatic rings. The average molecular weight is 356 g/mol. The highest BCUT2D eigenvalue weighted by atomic mass is 127. The van der Waals surface area contributed by atoms with E-state index in [0.29, 0.717) is 12.2 Å². The Morgan fingerprint density at radius 1 is 1.25 bits per heavy atom. The highest BCUT2D eigenvalue weighted by molar-refractivity contribution is 14.1. The summed E-state index contributed by atoms with van der Waals surface area (Å²) in [5, 5.41) is 0. The predicted octanol–water partition coefficient (Wildman–Crippen LogP) is 3.99. The lowest BCUT2D eigenvalue weighted by Gasteiger charge is -2.38. The van der Waals surface area contributed by atoms with Gasteiger partial charge in [0.15, 0.2) is 8.32 Å². The second kappa shape index (κ2) is 7.33. The van der Waals surface area contributed by atoms with Gasteiger partial charge in [-0.05, 0) is 31.0 Å². The van der Waals surface area contributed by atoms with Gasteiger partial charge in [-0.2, -0.15) is 0 Å². The lowest BCUT2D eigenvalue weighted by molar-refractivity contribution is -0.0525. The summed E-state index contributed by atoms with van der Waals surface area (Å²) in [6.45, 7) is 7.80. The van der Waals surface area contributed by atoms with E-state index in [0.717, 1.165) is 11.0 Å². The SMILES string of the molecule is CC[Si](CC)(CC)O[C@@H]1CCCOC1CI. The van der Waals surface area contributed by atoms with Crippen molar-refractivity contribution in [3.8, 4) is 0 Å². The van der Waals surface area contributed by atoms with Gasteiger partial charge in [0.05, 0.1) is 12.2 Å². The topological polar surface area (TPSA) is 18.5 Å². The van der Waals surface area contributed by atoms with Gasteiger partial charge >= 0.3 is 0 Å². The third-order valence-electron chi connectivity index (χ3n) is 3.87. The standard InChI is InChI=1S/C12H25IO2Si/c1-4-16(5-2,6-3)15-11-8-7-9-14-12(11)10-13/h11-12H,4-10H2,1-3H3/t11-,12?/m1/s1. The van der Waals surface area contributed by atoms with Crippen molar-refractivity contribution in [2.45, 2.75) is 64.0 Å². The number of ether oxygens (including phenoxy) is 1. The van der Waals surface area contributed by atoms with Crippen LogP contribution in [-0.2, 0) is 9.16 Å². The zero-order valence-electron chi connectivity index (χ0n) is 10.8. The van der Waals surface area contributed by atoms with Crippen LogP contribution in [0, 0.1) is 0 Å². The average Bonchev–Trinajstić information content (AvgIpc) is 2.36. The predicted molar refractivity (Wildman–Crippen MR) is 79.9 cm³/mol. The summed E-state index contributed by atoms with van der Waals surface area (Å²) < 4.78 is 13.4. The Hall–Kier alpha value is 0.867. The van der Waals surface area contributed by atoms with Crippen LogP contribution >= 0.6 is 22.6 Å². The highest BCUT2D eigenvalue weighted by Crippen LogP contribution is 2.29. The van der Waals surface area contributed by atoms with Gasteiger partial charge in [-0.15, -0.1) is 0 Å². The molecular weight excluding hydrogens is 331 g/mol. The normalized spacial score (nSPS) is 27.0. The van der Waals surface area contributed by atoms with Crippen molar-refractivity contribution in [3.63, 3.8) is 0 Å². The molecule has 1 heterocycles. The van der Waals surface area contributed by atoms with Crippen LogP contribution in [0.5, 0.6) is 0 Å². The fourth-order valence-corrected chi connectivity index (χ4v) is 6.15. The maximum absolute atomic E-state index is 6.54. The van der Waals surface area contributed by atoms with E-state index in [1.54, 1.807) is 0 Å². The quantitative estimate of drug-likeness (QED) is 0.407. The summed E-state index contributed by atoms with van der Waals surface area (Å²) in [7, 11) is -1.45. The van der Waals surface area contributed by atoms with E-state index in [-0.39, 0.29) is 0 Å². The number of alkyl halides is 1. The van der Waals surface area contributed by atoms with Crippen molar-refractivity contribution in [2.75, 3.05) is 11.0 Å². The van der Waals surface area contributed by atoms with Crippen molar-refractivity contribution in [1.82, 2.24) is 0 Å². The number of hydrogen-bond acceptors (Lipinski definition) is 2. The molecule has 2 atom stereocenters. The van der Waals surface area contributed by atoms with Gasteiger partial charge in [-0.25, -0.2) is 0 Å². The maximum atomic E-state index is 6.54. The molecule has 0 saturated carbocycles. The highest BCUT2D eigenvalue weighted by Gasteiger charge is 2.36. The van der Waals surface area contributed by atoms with Crippen molar-refractivity contribution >= 4 is 30.9 Å². The number of rotatable bonds is 6. The van der Waals surface area contributed by atoms with Crippen molar-refractivity contribution in [1.29, 1.82) is 0 Å². The molecule has 0 aromatic carbocycles. The molecular formula is C12H25IO2Si. The summed E-state index contributed by atoms with van der Waals surface area (Å²) >= 11 is 2.42. The van der Waals surface area contributed by atoms with Crippen molar-refractivity contribution < 1.29 is 9.16 Å². The Labute approximate surface area is 115 Å². The molecule has 0 spiro atoms. The van der Waals surface area contributed by atoms with Crippen molar-refractivity contribution in [2.24, 2.45) is 0 Å². The van der Waals surface area contributed by atoms with Gasteiger partial charge in [0.2, 0.25) is 0 Å². The fourth-order valence-electron chi connectivity index (χ4n) is 2.41. The molecule has 0 bridgehead atoms. The Morgan fingerprint density at radius 3 is 2.38 bits per heavy atom. The molecule has 1 aliphatic heterocycles. The van der Waals surface area contributed by atoms with Crippen LogP contribution in [0.25, 0.3) is 0 Å². The molecule has 0 amide bonds. The molecule has 1 saturated heterocycles. The van der Waals surface area contributed by atoms with E-state index >= 15 is 0 Å². The molecule has 0 aromatic rings. The van der Waals surface area contributed by atoms with Crippen LogP contribution in [0.15, 0.2) is 0 Å². The second-order valence-corrected chi connectivity index (χ2v) is 10.2. The molecule has 1 rings (SSSR count). The lowest BCUT2D eigenvalue weighted by Crippen LogP contribution is -2.47. The second-order valence-electron chi connectivity index (χ2n) is 4.61. The molecule has 1 unspecified atom stereocenters. The van der Waals surface area contributed by atoms with Crippen LogP contribution in [0.3, 0.4) is 0 Å². The molecule has 0 aromatic heterocycles. The minimum absolute atomic E-state index is 0.339. The van der Waals surface area contributed by atoms with E-state index in [2.05, 4.69) is 43.4 Å². The summed E-state index contributed by atoms with van der Waals surface area (Å²) in [6, 6.07) is 3.72. The molecule has 0 N–H and O–H groups in total. The minimum Gasteiger partial charge on any atom is -0.411 e. The van der Waals surface area contributed by atoms with Crippen LogP contribution < -0.4 is 0 Å². The molecule has 4 heteroatoms. The monoisotopic (exact) mass is 356 g/mol. The molecule has 0 radical (unpaired) electrons. The Kier molecular flexibility index (Phi) is 6.84. The Balaban J connectivity index is 2.61. The van der Waals surface area contributed by atoms with Gasteiger partial charge in [-0.1, -0.05) is 43.4 Å². The van der Waals surface area contributed by atoms with Crippen LogP contribution in [0.4, 0.5) is 0 Å². The van der Waals surface area contributed by atoms with Gasteiger partial charge in [-0.3, -0.25) is 0 Å². The maximum Gasteiger partial charge on any atom is 0.192 e. The summed E-state index contributed by atoms with van der Waals surface area (Å²) in [4.78, 5) is 0. The lowest BCUT2D eigenvalue weighted by atomic mass is 10.1. The van der Waals surface area contributed by atoms with Crippen LogP contribution in [-0.4, -0.2) is 31.6 Å². The van der Waals surface area contributed by atoms with Gasteiger partial charge in [0.1, 0.15) is 0 Å². The molecule has 0 aliphatic carbocycles. The zero-order valence-corrected chi connectivity index (χ0v) is 14.0. The van der Waals surface area contributed by atoms with E-state index in [4.69, 9.17) is 9.16 Å². The summed E-state index contributed by atoms with van der Waals surface area (Å²) in [5.74, 6) is 0. The van der Waals surface area contributed by atoms with E-state index in [1.807, 2.05) is 0 Å². The first-order valence-corrected chi connectivity index (χ1v) is 10.6. The van der Waals surface area contributed by atoms with E-state index < -0.39 is 8.32 Å². The first-order valence-electron chi connectivity index (χ1n) is 6.56. The molecule has 2 nitrogen and oxygen atoms in total. The third-order valence-corrected chi connectivity index (χ3v) is 9.40. The Bertz CT molecular complexity index is 189. The summed E-state index contributed by atoms with van der Waals surface area (Å²) in [6.07, 6.45) is 3.07. The van der Waals surface area contributed by atoms with Gasteiger partial charge < -0.3 is 9.16 Å². The summed E-state index contributed by atoms with van der Waals surface area (Å²) in [5.41, 5.74) is 0. The minimum atomic E-state index is -1.45. The largest absolute Gasteiger partial charge is 0.411 e. The van der Waals surface area contributed by atoms with Crippen LogP contribution in [0.2, 0.25) is 18.1 Å². The fraction of sp³-hybridized carbons (Fsp3) is 1.00. The first kappa shape index (κ1) is 14.9. The number of halogens is 1. The first-order chi connectivity index (χ1) is 7.71. The molecule has 96 valence electrons. The van der Waals surface area contributed by atoms with Gasteiger partial charge in [0, 0.05) is 11.0 Å². The smallest absolute Gasteiger partial charge is 0.192 e. The third kappa shape index (κ3) is 3.68. The van der Waals surface area contributed by atoms with Crippen molar-refractivity contribution in [3.05, 3.63) is 0 Å². The Morgan fingerprint density at radius 2 is 1.88 bits per heavy atom. The number of hydrogen-bond donors (Lipinski definition) is 0.